The topological polar surface area (TPSA) is 20.2 Å². The molecule has 0 spiro atoms. The first-order chi connectivity index (χ1) is 5.83. The lowest BCUT2D eigenvalue weighted by molar-refractivity contribution is 0.280. The zero-order valence-corrected chi connectivity index (χ0v) is 7.11. The molecule has 64 valence electrons. The van der Waals surface area contributed by atoms with E-state index in [1.165, 1.54) is 19.3 Å². The first-order valence-corrected chi connectivity index (χ1v) is 4.32. The highest BCUT2D eigenvalue weighted by Crippen LogP contribution is 2.17. The lowest BCUT2D eigenvalue weighted by Crippen LogP contribution is -2.00. The first-order valence-electron chi connectivity index (χ1n) is 4.32. The Morgan fingerprint density at radius 3 is 3.08 bits per heavy atom. The number of aliphatic hydroxyl groups excluding tert-OH is 1. The van der Waals surface area contributed by atoms with Gasteiger partial charge in [0.1, 0.15) is 6.10 Å². The average Bonchev–Trinajstić information content (AvgIpc) is 2.16. The maximum Gasteiger partial charge on any atom is 0.133 e. The van der Waals surface area contributed by atoms with Crippen LogP contribution in [0.4, 0.5) is 0 Å². The van der Waals surface area contributed by atoms with Crippen LogP contribution in [0.25, 0.3) is 0 Å². The Balaban J connectivity index is 2.40. The SMILES string of the molecule is C#CC(O)C=CC1C=CCCC1. The van der Waals surface area contributed by atoms with Crippen LogP contribution in [0.3, 0.4) is 0 Å². The second-order valence-corrected chi connectivity index (χ2v) is 3.02. The fourth-order valence-corrected chi connectivity index (χ4v) is 1.30. The second-order valence-electron chi connectivity index (χ2n) is 3.02. The molecule has 0 aliphatic heterocycles. The van der Waals surface area contributed by atoms with Crippen LogP contribution in [-0.2, 0) is 0 Å². The minimum Gasteiger partial charge on any atom is -0.377 e. The summed E-state index contributed by atoms with van der Waals surface area (Å²) in [6.07, 6.45) is 15.9. The van der Waals surface area contributed by atoms with Gasteiger partial charge in [0, 0.05) is 0 Å². The standard InChI is InChI=1S/C11H14O/c1-2-11(12)9-8-10-6-4-3-5-7-10/h1,4,6,8-12H,3,5,7H2. The van der Waals surface area contributed by atoms with E-state index in [1.54, 1.807) is 6.08 Å². The Morgan fingerprint density at radius 2 is 2.50 bits per heavy atom. The summed E-state index contributed by atoms with van der Waals surface area (Å²) in [5.74, 6) is 2.72. The normalized spacial score (nSPS) is 25.5. The third kappa shape index (κ3) is 2.94. The van der Waals surface area contributed by atoms with E-state index in [2.05, 4.69) is 18.1 Å². The second kappa shape index (κ2) is 4.79. The molecule has 0 aromatic rings. The van der Waals surface area contributed by atoms with Gasteiger partial charge in [-0.05, 0) is 31.3 Å². The molecule has 12 heavy (non-hydrogen) atoms. The summed E-state index contributed by atoms with van der Waals surface area (Å²) in [5.41, 5.74) is 0. The summed E-state index contributed by atoms with van der Waals surface area (Å²) < 4.78 is 0. The fourth-order valence-electron chi connectivity index (χ4n) is 1.30. The van der Waals surface area contributed by atoms with Crippen molar-refractivity contribution in [2.75, 3.05) is 0 Å². The Hall–Kier alpha value is -1.00. The van der Waals surface area contributed by atoms with E-state index in [-0.39, 0.29) is 0 Å². The van der Waals surface area contributed by atoms with E-state index >= 15 is 0 Å². The third-order valence-corrected chi connectivity index (χ3v) is 2.00. The van der Waals surface area contributed by atoms with Gasteiger partial charge in [-0.1, -0.05) is 24.1 Å². The van der Waals surface area contributed by atoms with Crippen molar-refractivity contribution in [2.45, 2.75) is 25.4 Å². The summed E-state index contributed by atoms with van der Waals surface area (Å²) >= 11 is 0. The van der Waals surface area contributed by atoms with E-state index in [4.69, 9.17) is 11.5 Å². The number of aliphatic hydroxyl groups is 1. The van der Waals surface area contributed by atoms with Crippen LogP contribution < -0.4 is 0 Å². The molecule has 1 heteroatoms. The molecule has 0 bridgehead atoms. The monoisotopic (exact) mass is 162 g/mol. The van der Waals surface area contributed by atoms with Crippen molar-refractivity contribution < 1.29 is 5.11 Å². The van der Waals surface area contributed by atoms with Crippen LogP contribution in [0, 0.1) is 18.3 Å². The first kappa shape index (κ1) is 9.09. The van der Waals surface area contributed by atoms with Crippen molar-refractivity contribution in [1.82, 2.24) is 0 Å². The number of allylic oxidation sites excluding steroid dienone is 3. The molecule has 0 fully saturated rings. The van der Waals surface area contributed by atoms with E-state index in [9.17, 15) is 0 Å². The molecule has 1 N–H and O–H groups in total. The smallest absolute Gasteiger partial charge is 0.133 e. The summed E-state index contributed by atoms with van der Waals surface area (Å²) in [6.45, 7) is 0. The van der Waals surface area contributed by atoms with Crippen molar-refractivity contribution in [3.05, 3.63) is 24.3 Å². The van der Waals surface area contributed by atoms with Crippen molar-refractivity contribution >= 4 is 0 Å². The lowest BCUT2D eigenvalue weighted by atomic mass is 9.95. The minimum atomic E-state index is -0.722. The summed E-state index contributed by atoms with van der Waals surface area (Å²) in [6, 6.07) is 0. The van der Waals surface area contributed by atoms with Gasteiger partial charge in [-0.2, -0.15) is 0 Å². The average molecular weight is 162 g/mol. The Labute approximate surface area is 73.8 Å². The molecule has 1 rings (SSSR count). The van der Waals surface area contributed by atoms with Gasteiger partial charge in [0.15, 0.2) is 0 Å². The maximum absolute atomic E-state index is 9.04. The van der Waals surface area contributed by atoms with Crippen LogP contribution in [0.1, 0.15) is 19.3 Å². The predicted octanol–water partition coefficient (Wildman–Crippen LogP) is 1.89. The highest BCUT2D eigenvalue weighted by atomic mass is 16.3. The molecule has 0 radical (unpaired) electrons. The summed E-state index contributed by atoms with van der Waals surface area (Å²) in [5, 5.41) is 9.04. The van der Waals surface area contributed by atoms with E-state index in [0.29, 0.717) is 5.92 Å². The lowest BCUT2D eigenvalue weighted by Gasteiger charge is -2.11. The van der Waals surface area contributed by atoms with E-state index in [1.807, 2.05) is 6.08 Å². The quantitative estimate of drug-likeness (QED) is 0.485. The van der Waals surface area contributed by atoms with Gasteiger partial charge in [0.2, 0.25) is 0 Å². The largest absolute Gasteiger partial charge is 0.377 e. The van der Waals surface area contributed by atoms with Gasteiger partial charge < -0.3 is 5.11 Å². The molecule has 2 atom stereocenters. The summed E-state index contributed by atoms with van der Waals surface area (Å²) in [4.78, 5) is 0. The minimum absolute atomic E-state index is 0.474. The number of hydrogen-bond acceptors (Lipinski definition) is 1. The predicted molar refractivity (Wildman–Crippen MR) is 50.5 cm³/mol. The van der Waals surface area contributed by atoms with Crippen molar-refractivity contribution in [2.24, 2.45) is 5.92 Å². The van der Waals surface area contributed by atoms with Crippen LogP contribution in [0.15, 0.2) is 24.3 Å². The Bertz CT molecular complexity index is 220. The molecule has 0 aromatic carbocycles. The zero-order chi connectivity index (χ0) is 8.81. The Kier molecular flexibility index (Phi) is 3.63. The van der Waals surface area contributed by atoms with Gasteiger partial charge in [-0.15, -0.1) is 6.42 Å². The third-order valence-electron chi connectivity index (χ3n) is 2.00. The van der Waals surface area contributed by atoms with Crippen LogP contribution >= 0.6 is 0 Å². The molecule has 1 nitrogen and oxygen atoms in total. The van der Waals surface area contributed by atoms with Crippen molar-refractivity contribution in [3.8, 4) is 12.3 Å². The number of terminal acetylenes is 1. The van der Waals surface area contributed by atoms with Crippen LogP contribution in [0.2, 0.25) is 0 Å². The van der Waals surface area contributed by atoms with Crippen molar-refractivity contribution in [3.63, 3.8) is 0 Å². The van der Waals surface area contributed by atoms with Gasteiger partial charge in [-0.25, -0.2) is 0 Å². The Morgan fingerprint density at radius 1 is 1.67 bits per heavy atom. The highest BCUT2D eigenvalue weighted by Gasteiger charge is 2.03. The van der Waals surface area contributed by atoms with E-state index < -0.39 is 6.10 Å². The highest BCUT2D eigenvalue weighted by molar-refractivity contribution is 5.11. The molecule has 0 saturated heterocycles. The number of rotatable bonds is 2. The molecule has 0 heterocycles. The molecular formula is C11H14O. The fraction of sp³-hybridized carbons (Fsp3) is 0.455. The van der Waals surface area contributed by atoms with Gasteiger partial charge in [0.25, 0.3) is 0 Å². The molecule has 2 unspecified atom stereocenters. The van der Waals surface area contributed by atoms with E-state index in [0.717, 1.165) is 0 Å². The van der Waals surface area contributed by atoms with Crippen LogP contribution in [-0.4, -0.2) is 11.2 Å². The van der Waals surface area contributed by atoms with Gasteiger partial charge in [-0.3, -0.25) is 0 Å². The maximum atomic E-state index is 9.04. The molecule has 0 aromatic heterocycles. The summed E-state index contributed by atoms with van der Waals surface area (Å²) in [7, 11) is 0. The van der Waals surface area contributed by atoms with Crippen molar-refractivity contribution in [1.29, 1.82) is 0 Å². The molecule has 1 aliphatic carbocycles. The van der Waals surface area contributed by atoms with Gasteiger partial charge in [0.05, 0.1) is 0 Å². The zero-order valence-electron chi connectivity index (χ0n) is 7.11. The molecule has 1 aliphatic rings. The molecular weight excluding hydrogens is 148 g/mol. The van der Waals surface area contributed by atoms with Gasteiger partial charge >= 0.3 is 0 Å². The molecule has 0 amide bonds. The van der Waals surface area contributed by atoms with Crippen LogP contribution in [0.5, 0.6) is 0 Å². The molecule has 0 saturated carbocycles. The number of hydrogen-bond donors (Lipinski definition) is 1.